The minimum atomic E-state index is -5.13. The number of aliphatic hydroxyl groups excluding tert-OH is 4. The second kappa shape index (κ2) is 11.3. The number of carbonyl (C=O) groups excluding carboxylic acids is 2. The third kappa shape index (κ3) is 6.63. The van der Waals surface area contributed by atoms with Crippen LogP contribution in [0.4, 0.5) is 0 Å². The van der Waals surface area contributed by atoms with Crippen molar-refractivity contribution >= 4 is 21.7 Å². The molecule has 0 spiro atoms. The van der Waals surface area contributed by atoms with Gasteiger partial charge in [0.05, 0.1) is 13.2 Å². The molecular weight excluding hydrogens is 464 g/mol. The summed E-state index contributed by atoms with van der Waals surface area (Å²) in [6.45, 7) is 9.67. The summed E-state index contributed by atoms with van der Waals surface area (Å²) in [6, 6.07) is 6.17. The maximum absolute atomic E-state index is 13.4. The van der Waals surface area contributed by atoms with Crippen molar-refractivity contribution in [1.29, 1.82) is 0 Å². The zero-order chi connectivity index (χ0) is 26.5. The van der Waals surface area contributed by atoms with Gasteiger partial charge >= 0.3 is 10.1 Å². The second-order valence-electron chi connectivity index (χ2n) is 10.4. The number of Topliss-reactive ketones (excluding diaryl/α,β-unsaturated/α-hetero) is 2. The van der Waals surface area contributed by atoms with Gasteiger partial charge in [0, 0.05) is 0 Å². The fourth-order valence-corrected chi connectivity index (χ4v) is 6.11. The zero-order valence-electron chi connectivity index (χ0n) is 20.7. The molecule has 1 rings (SSSR count). The number of hydrogen-bond acceptors (Lipinski definition) is 9. The molecule has 0 aliphatic heterocycles. The van der Waals surface area contributed by atoms with E-state index in [-0.39, 0.29) is 23.0 Å². The predicted molar refractivity (Wildman–Crippen MR) is 127 cm³/mol. The molecule has 0 radical (unpaired) electrons. The van der Waals surface area contributed by atoms with Crippen LogP contribution in [0.3, 0.4) is 0 Å². The first-order valence-corrected chi connectivity index (χ1v) is 12.6. The topological polar surface area (TPSA) is 158 Å². The summed E-state index contributed by atoms with van der Waals surface area (Å²) in [6.07, 6.45) is -4.21. The quantitative estimate of drug-likeness (QED) is 0.232. The Labute approximate surface area is 201 Å². The largest absolute Gasteiger partial charge is 0.393 e. The summed E-state index contributed by atoms with van der Waals surface area (Å²) < 4.78 is 28.9. The van der Waals surface area contributed by atoms with Crippen LogP contribution in [0.1, 0.15) is 66.4 Å². The molecule has 0 saturated carbocycles. The standard InChI is InChI=1S/C24H38O9S/c1-7-12-24(20(29)18(27)13-25,21(30)19(28)14-26)34(31,32)33-17-10-8-16(9-11-17)23(5,6)15-22(2,3)4/h8-11,18-19,25-28H,7,12-15H2,1-6H3. The van der Waals surface area contributed by atoms with Crippen molar-refractivity contribution in [3.63, 3.8) is 0 Å². The number of rotatable bonds is 13. The van der Waals surface area contributed by atoms with Crippen LogP contribution in [0.15, 0.2) is 24.3 Å². The molecule has 1 aromatic rings. The molecule has 34 heavy (non-hydrogen) atoms. The van der Waals surface area contributed by atoms with Gasteiger partial charge in [0.25, 0.3) is 0 Å². The number of ketones is 2. The van der Waals surface area contributed by atoms with Crippen molar-refractivity contribution in [2.24, 2.45) is 5.41 Å². The maximum Gasteiger partial charge on any atom is 0.329 e. The van der Waals surface area contributed by atoms with Crippen molar-refractivity contribution in [1.82, 2.24) is 0 Å². The van der Waals surface area contributed by atoms with E-state index in [1.54, 1.807) is 12.1 Å². The minimum Gasteiger partial charge on any atom is -0.393 e. The molecule has 0 aromatic heterocycles. The molecule has 1 aromatic carbocycles. The molecule has 0 bridgehead atoms. The summed E-state index contributed by atoms with van der Waals surface area (Å²) in [4.78, 5) is 25.8. The highest BCUT2D eigenvalue weighted by atomic mass is 32.2. The summed E-state index contributed by atoms with van der Waals surface area (Å²) in [7, 11) is -5.13. The smallest absolute Gasteiger partial charge is 0.329 e. The fourth-order valence-electron chi connectivity index (χ4n) is 4.38. The molecular formula is C24H38O9S. The Hall–Kier alpha value is -1.85. The Balaban J connectivity index is 3.50. The third-order valence-electron chi connectivity index (χ3n) is 5.59. The van der Waals surface area contributed by atoms with Gasteiger partial charge in [-0.15, -0.1) is 0 Å². The van der Waals surface area contributed by atoms with Gasteiger partial charge in [-0.3, -0.25) is 9.59 Å². The summed E-state index contributed by atoms with van der Waals surface area (Å²) in [5.41, 5.74) is 0.735. The van der Waals surface area contributed by atoms with Crippen LogP contribution >= 0.6 is 0 Å². The van der Waals surface area contributed by atoms with Crippen molar-refractivity contribution in [3.8, 4) is 5.75 Å². The van der Waals surface area contributed by atoms with Crippen LogP contribution in [-0.4, -0.2) is 70.6 Å². The highest BCUT2D eigenvalue weighted by Crippen LogP contribution is 2.37. The average molecular weight is 503 g/mol. The monoisotopic (exact) mass is 502 g/mol. The van der Waals surface area contributed by atoms with Gasteiger partial charge in [-0.1, -0.05) is 60.1 Å². The van der Waals surface area contributed by atoms with E-state index in [1.807, 2.05) is 0 Å². The first-order chi connectivity index (χ1) is 15.5. The van der Waals surface area contributed by atoms with E-state index < -0.39 is 58.3 Å². The van der Waals surface area contributed by atoms with E-state index in [2.05, 4.69) is 34.6 Å². The first kappa shape index (κ1) is 30.2. The zero-order valence-corrected chi connectivity index (χ0v) is 21.6. The maximum atomic E-state index is 13.4. The van der Waals surface area contributed by atoms with Crippen LogP contribution in [0.2, 0.25) is 0 Å². The van der Waals surface area contributed by atoms with Gasteiger partial charge in [-0.25, -0.2) is 0 Å². The second-order valence-corrected chi connectivity index (χ2v) is 12.2. The van der Waals surface area contributed by atoms with E-state index in [0.717, 1.165) is 12.0 Å². The fraction of sp³-hybridized carbons (Fsp3) is 0.667. The molecule has 2 unspecified atom stereocenters. The van der Waals surface area contributed by atoms with Crippen molar-refractivity contribution < 1.29 is 42.6 Å². The van der Waals surface area contributed by atoms with E-state index in [4.69, 9.17) is 4.18 Å². The Bertz CT molecular complexity index is 922. The molecule has 0 heterocycles. The highest BCUT2D eigenvalue weighted by Gasteiger charge is 2.60. The highest BCUT2D eigenvalue weighted by molar-refractivity contribution is 7.90. The Morgan fingerprint density at radius 2 is 1.35 bits per heavy atom. The third-order valence-corrected chi connectivity index (χ3v) is 7.46. The molecule has 0 saturated heterocycles. The minimum absolute atomic E-state index is 0.0176. The van der Waals surface area contributed by atoms with Gasteiger partial charge in [0.15, 0.2) is 11.6 Å². The van der Waals surface area contributed by atoms with Crippen LogP contribution in [0.5, 0.6) is 5.75 Å². The summed E-state index contributed by atoms with van der Waals surface area (Å²) in [5.74, 6) is -3.23. The average Bonchev–Trinajstić information content (AvgIpc) is 2.73. The van der Waals surface area contributed by atoms with Crippen LogP contribution in [-0.2, 0) is 25.1 Å². The number of aliphatic hydroxyl groups is 4. The lowest BCUT2D eigenvalue weighted by atomic mass is 9.72. The lowest BCUT2D eigenvalue weighted by Crippen LogP contribution is -2.62. The van der Waals surface area contributed by atoms with Crippen LogP contribution in [0.25, 0.3) is 0 Å². The van der Waals surface area contributed by atoms with E-state index in [0.29, 0.717) is 0 Å². The molecule has 4 N–H and O–H groups in total. The molecule has 194 valence electrons. The first-order valence-electron chi connectivity index (χ1n) is 11.2. The molecule has 2 atom stereocenters. The SMILES string of the molecule is CCCC(C(=O)C(O)CO)(C(=O)C(O)CO)S(=O)(=O)Oc1ccc(C(C)(C)CC(C)(C)C)cc1. The normalized spacial score (nSPS) is 16.4. The van der Waals surface area contributed by atoms with Gasteiger partial charge in [0.2, 0.25) is 4.75 Å². The van der Waals surface area contributed by atoms with Crippen LogP contribution < -0.4 is 4.18 Å². The van der Waals surface area contributed by atoms with Crippen molar-refractivity contribution in [3.05, 3.63) is 29.8 Å². The molecule has 0 aliphatic rings. The molecule has 10 heteroatoms. The molecule has 0 aliphatic carbocycles. The van der Waals surface area contributed by atoms with Gasteiger partial charge in [-0.2, -0.15) is 8.42 Å². The van der Waals surface area contributed by atoms with Gasteiger partial charge < -0.3 is 24.6 Å². The summed E-state index contributed by atoms with van der Waals surface area (Å²) in [5, 5.41) is 38.3. The van der Waals surface area contributed by atoms with E-state index >= 15 is 0 Å². The van der Waals surface area contributed by atoms with E-state index in [1.165, 1.54) is 19.1 Å². The molecule has 0 fully saturated rings. The number of benzene rings is 1. The number of hydrogen-bond donors (Lipinski definition) is 4. The Kier molecular flexibility index (Phi) is 9.99. The Morgan fingerprint density at radius 3 is 1.71 bits per heavy atom. The van der Waals surface area contributed by atoms with Crippen molar-refractivity contribution in [2.75, 3.05) is 13.2 Å². The Morgan fingerprint density at radius 1 is 0.912 bits per heavy atom. The van der Waals surface area contributed by atoms with Crippen molar-refractivity contribution in [2.45, 2.75) is 83.2 Å². The lowest BCUT2D eigenvalue weighted by Gasteiger charge is -2.33. The van der Waals surface area contributed by atoms with E-state index in [9.17, 15) is 38.4 Å². The number of carbonyl (C=O) groups is 2. The molecule has 9 nitrogen and oxygen atoms in total. The van der Waals surface area contributed by atoms with Crippen LogP contribution in [0, 0.1) is 5.41 Å². The van der Waals surface area contributed by atoms with Gasteiger partial charge in [-0.05, 0) is 41.4 Å². The lowest BCUT2D eigenvalue weighted by molar-refractivity contribution is -0.142. The predicted octanol–water partition coefficient (Wildman–Crippen LogP) is 1.49. The molecule has 0 amide bonds. The van der Waals surface area contributed by atoms with Gasteiger partial charge in [0.1, 0.15) is 18.0 Å². The summed E-state index contributed by atoms with van der Waals surface area (Å²) >= 11 is 0.